The number of pyridine rings is 1. The summed E-state index contributed by atoms with van der Waals surface area (Å²) < 4.78 is 42.0. The number of hydrogen-bond donors (Lipinski definition) is 1. The van der Waals surface area contributed by atoms with Crippen molar-refractivity contribution in [1.29, 1.82) is 0 Å². The summed E-state index contributed by atoms with van der Waals surface area (Å²) in [6, 6.07) is 15.7. The van der Waals surface area contributed by atoms with E-state index in [9.17, 15) is 13.5 Å². The SMILES string of the molecule is CCC(O)n1cc(-c2cc3cccnc3n2S(=O)(=O)c2ccc(C)cc2)c2cc(OC)c(OC)cc21. The van der Waals surface area contributed by atoms with Gasteiger partial charge in [-0.15, -0.1) is 0 Å². The van der Waals surface area contributed by atoms with Gasteiger partial charge in [-0.3, -0.25) is 0 Å². The second-order valence-electron chi connectivity index (χ2n) is 8.59. The number of methoxy groups -OCH3 is 2. The number of fused-ring (bicyclic) bond motifs is 2. The van der Waals surface area contributed by atoms with E-state index in [-0.39, 0.29) is 4.90 Å². The van der Waals surface area contributed by atoms with Crippen LogP contribution in [0.15, 0.2) is 71.9 Å². The molecule has 5 rings (SSSR count). The topological polar surface area (TPSA) is 95.6 Å². The summed E-state index contributed by atoms with van der Waals surface area (Å²) in [4.78, 5) is 4.58. The number of aliphatic hydroxyl groups is 1. The minimum absolute atomic E-state index is 0.161. The number of aryl methyl sites for hydroxylation is 1. The minimum atomic E-state index is -4.01. The molecule has 0 radical (unpaired) electrons. The molecule has 0 bridgehead atoms. The summed E-state index contributed by atoms with van der Waals surface area (Å²) in [5.41, 5.74) is 3.03. The third kappa shape index (κ3) is 3.71. The lowest BCUT2D eigenvalue weighted by atomic mass is 10.1. The van der Waals surface area contributed by atoms with Crippen LogP contribution in [0.1, 0.15) is 25.1 Å². The highest BCUT2D eigenvalue weighted by atomic mass is 32.2. The van der Waals surface area contributed by atoms with E-state index < -0.39 is 16.3 Å². The van der Waals surface area contributed by atoms with Crippen LogP contribution in [0.3, 0.4) is 0 Å². The van der Waals surface area contributed by atoms with Crippen LogP contribution in [0.25, 0.3) is 33.2 Å². The zero-order valence-electron chi connectivity index (χ0n) is 20.5. The molecule has 0 spiro atoms. The first-order valence-electron chi connectivity index (χ1n) is 11.5. The average molecular weight is 506 g/mol. The number of rotatable bonds is 7. The van der Waals surface area contributed by atoms with Crippen LogP contribution in [0, 0.1) is 6.92 Å². The number of hydrogen-bond acceptors (Lipinski definition) is 6. The molecule has 1 atom stereocenters. The van der Waals surface area contributed by atoms with Crippen molar-refractivity contribution in [3.63, 3.8) is 0 Å². The predicted molar refractivity (Wildman–Crippen MR) is 139 cm³/mol. The van der Waals surface area contributed by atoms with Crippen molar-refractivity contribution in [2.24, 2.45) is 0 Å². The monoisotopic (exact) mass is 505 g/mol. The Bertz CT molecular complexity index is 1680. The molecule has 9 heteroatoms. The van der Waals surface area contributed by atoms with Crippen molar-refractivity contribution in [3.05, 3.63) is 72.6 Å². The van der Waals surface area contributed by atoms with Crippen molar-refractivity contribution in [2.45, 2.75) is 31.4 Å². The highest BCUT2D eigenvalue weighted by Gasteiger charge is 2.27. The smallest absolute Gasteiger partial charge is 0.269 e. The number of aromatic nitrogens is 3. The van der Waals surface area contributed by atoms with Gasteiger partial charge in [0.25, 0.3) is 10.0 Å². The van der Waals surface area contributed by atoms with Crippen molar-refractivity contribution in [1.82, 2.24) is 13.5 Å². The number of nitrogens with zero attached hydrogens (tertiary/aromatic N) is 3. The lowest BCUT2D eigenvalue weighted by molar-refractivity contribution is 0.105. The fourth-order valence-electron chi connectivity index (χ4n) is 4.48. The summed E-state index contributed by atoms with van der Waals surface area (Å²) in [6.07, 6.45) is 2.99. The maximum absolute atomic E-state index is 14.0. The van der Waals surface area contributed by atoms with E-state index in [2.05, 4.69) is 4.98 Å². The van der Waals surface area contributed by atoms with E-state index in [4.69, 9.17) is 9.47 Å². The van der Waals surface area contributed by atoms with Crippen molar-refractivity contribution < 1.29 is 23.0 Å². The van der Waals surface area contributed by atoms with Crippen LogP contribution in [0.5, 0.6) is 11.5 Å². The van der Waals surface area contributed by atoms with Gasteiger partial charge in [0, 0.05) is 34.8 Å². The normalized spacial score (nSPS) is 12.8. The maximum Gasteiger partial charge on any atom is 0.269 e. The Kier molecular flexibility index (Phi) is 5.97. The van der Waals surface area contributed by atoms with Gasteiger partial charge in [-0.2, -0.15) is 0 Å². The summed E-state index contributed by atoms with van der Waals surface area (Å²) in [7, 11) is -0.912. The van der Waals surface area contributed by atoms with Crippen LogP contribution in [0.4, 0.5) is 0 Å². The van der Waals surface area contributed by atoms with Gasteiger partial charge in [0.15, 0.2) is 17.1 Å². The third-order valence-electron chi connectivity index (χ3n) is 6.38. The summed E-state index contributed by atoms with van der Waals surface area (Å²) in [6.45, 7) is 3.78. The number of benzene rings is 2. The molecule has 0 fully saturated rings. The molecule has 186 valence electrons. The molecule has 0 aliphatic carbocycles. The van der Waals surface area contributed by atoms with Gasteiger partial charge in [0.1, 0.15) is 6.23 Å². The van der Waals surface area contributed by atoms with E-state index in [1.54, 1.807) is 73.6 Å². The highest BCUT2D eigenvalue weighted by Crippen LogP contribution is 2.41. The first kappa shape index (κ1) is 23.9. The van der Waals surface area contributed by atoms with Crippen LogP contribution < -0.4 is 9.47 Å². The van der Waals surface area contributed by atoms with Crippen LogP contribution >= 0.6 is 0 Å². The lowest BCUT2D eigenvalue weighted by Gasteiger charge is -2.13. The van der Waals surface area contributed by atoms with Crippen molar-refractivity contribution in [2.75, 3.05) is 14.2 Å². The van der Waals surface area contributed by atoms with E-state index in [1.165, 1.54) is 3.97 Å². The molecule has 2 aromatic carbocycles. The van der Waals surface area contributed by atoms with Gasteiger partial charge in [0.05, 0.1) is 30.3 Å². The molecule has 1 N–H and O–H groups in total. The fourth-order valence-corrected chi connectivity index (χ4v) is 5.96. The molecule has 0 saturated carbocycles. The molecule has 3 heterocycles. The second kappa shape index (κ2) is 9.00. The average Bonchev–Trinajstić information content (AvgIpc) is 3.46. The Morgan fingerprint density at radius 2 is 1.72 bits per heavy atom. The molecular weight excluding hydrogens is 478 g/mol. The van der Waals surface area contributed by atoms with Gasteiger partial charge in [-0.25, -0.2) is 17.4 Å². The van der Waals surface area contributed by atoms with Crippen molar-refractivity contribution >= 4 is 32.0 Å². The summed E-state index contributed by atoms with van der Waals surface area (Å²) in [5, 5.41) is 12.2. The zero-order chi connectivity index (χ0) is 25.6. The van der Waals surface area contributed by atoms with Crippen LogP contribution in [0.2, 0.25) is 0 Å². The van der Waals surface area contributed by atoms with E-state index >= 15 is 0 Å². The van der Waals surface area contributed by atoms with Gasteiger partial charge in [-0.05, 0) is 49.7 Å². The molecule has 0 amide bonds. The molecule has 0 aliphatic heterocycles. The Labute approximate surface area is 209 Å². The third-order valence-corrected chi connectivity index (χ3v) is 8.10. The van der Waals surface area contributed by atoms with Gasteiger partial charge < -0.3 is 19.1 Å². The van der Waals surface area contributed by atoms with E-state index in [0.717, 1.165) is 5.56 Å². The Hall–Kier alpha value is -3.82. The quantitative estimate of drug-likeness (QED) is 0.330. The highest BCUT2D eigenvalue weighted by molar-refractivity contribution is 7.90. The lowest BCUT2D eigenvalue weighted by Crippen LogP contribution is -2.14. The molecule has 8 nitrogen and oxygen atoms in total. The molecule has 5 aromatic rings. The fraction of sp³-hybridized carbons (Fsp3) is 0.222. The Balaban J connectivity index is 1.88. The molecule has 36 heavy (non-hydrogen) atoms. The van der Waals surface area contributed by atoms with E-state index in [0.29, 0.717) is 51.1 Å². The zero-order valence-corrected chi connectivity index (χ0v) is 21.3. The summed E-state index contributed by atoms with van der Waals surface area (Å²) >= 11 is 0. The first-order valence-corrected chi connectivity index (χ1v) is 13.0. The van der Waals surface area contributed by atoms with E-state index in [1.807, 2.05) is 26.0 Å². The standard InChI is InChI=1S/C27H27N3O5S/c1-5-26(31)29-16-21(20-14-24(34-3)25(35-4)15-22(20)29)23-13-18-7-6-12-28-27(18)30(23)36(32,33)19-10-8-17(2)9-11-19/h6-16,26,31H,5H2,1-4H3. The van der Waals surface area contributed by atoms with Crippen LogP contribution in [-0.4, -0.2) is 41.3 Å². The van der Waals surface area contributed by atoms with Gasteiger partial charge in [0.2, 0.25) is 0 Å². The molecule has 0 aliphatic rings. The second-order valence-corrected chi connectivity index (χ2v) is 10.4. The Morgan fingerprint density at radius 1 is 1.03 bits per heavy atom. The summed E-state index contributed by atoms with van der Waals surface area (Å²) in [5.74, 6) is 1.01. The first-order chi connectivity index (χ1) is 17.3. The predicted octanol–water partition coefficient (Wildman–Crippen LogP) is 5.12. The molecular formula is C27H27N3O5S. The number of ether oxygens (including phenoxy) is 2. The maximum atomic E-state index is 14.0. The minimum Gasteiger partial charge on any atom is -0.493 e. The van der Waals surface area contributed by atoms with Crippen molar-refractivity contribution in [3.8, 4) is 22.8 Å². The van der Waals surface area contributed by atoms with Gasteiger partial charge in [-0.1, -0.05) is 24.6 Å². The molecule has 3 aromatic heterocycles. The molecule has 1 unspecified atom stereocenters. The Morgan fingerprint density at radius 3 is 2.39 bits per heavy atom. The van der Waals surface area contributed by atoms with Crippen LogP contribution in [-0.2, 0) is 10.0 Å². The molecule has 0 saturated heterocycles. The largest absolute Gasteiger partial charge is 0.493 e. The number of aliphatic hydroxyl groups excluding tert-OH is 1. The van der Waals surface area contributed by atoms with Gasteiger partial charge >= 0.3 is 0 Å².